The molecule has 0 aliphatic heterocycles. The first-order valence-electron chi connectivity index (χ1n) is 3.09. The quantitative estimate of drug-likeness (QED) is 0.633. The van der Waals surface area contributed by atoms with Crippen molar-refractivity contribution in [2.24, 2.45) is 0 Å². The Kier molecular flexibility index (Phi) is 1.71. The fourth-order valence-corrected chi connectivity index (χ4v) is 0.753. The number of nitrogens with zero attached hydrogens (tertiary/aromatic N) is 1. The molecule has 0 saturated heterocycles. The molecule has 2 nitrogen and oxygen atoms in total. The molecule has 10 heavy (non-hydrogen) atoms. The first kappa shape index (κ1) is 6.81. The highest BCUT2D eigenvalue weighted by atomic mass is 14.7. The van der Waals surface area contributed by atoms with E-state index >= 15 is 0 Å². The van der Waals surface area contributed by atoms with Gasteiger partial charge in [-0.2, -0.15) is 0 Å². The molecule has 0 amide bonds. The zero-order valence-corrected chi connectivity index (χ0v) is 5.96. The molecule has 1 rings (SSSR count). The maximum Gasteiger partial charge on any atom is 0.0855 e. The number of hydrogen-bond acceptors (Lipinski definition) is 2. The minimum atomic E-state index is 0.720. The predicted molar refractivity (Wildman–Crippen MR) is 43.5 cm³/mol. The second-order valence-electron chi connectivity index (χ2n) is 2.13. The maximum atomic E-state index is 5.66. The summed E-state index contributed by atoms with van der Waals surface area (Å²) in [6, 6.07) is 1.88. The molecule has 1 aromatic rings. The van der Waals surface area contributed by atoms with Crippen LogP contribution < -0.4 is 5.73 Å². The highest BCUT2D eigenvalue weighted by molar-refractivity contribution is 5.62. The van der Waals surface area contributed by atoms with Gasteiger partial charge in [-0.1, -0.05) is 6.58 Å². The van der Waals surface area contributed by atoms with Gasteiger partial charge >= 0.3 is 0 Å². The van der Waals surface area contributed by atoms with Gasteiger partial charge in [-0.3, -0.25) is 4.98 Å². The van der Waals surface area contributed by atoms with Crippen LogP contribution in [0.1, 0.15) is 11.3 Å². The molecule has 2 N–H and O–H groups in total. The Morgan fingerprint density at radius 3 is 2.90 bits per heavy atom. The second kappa shape index (κ2) is 2.52. The predicted octanol–water partition coefficient (Wildman–Crippen LogP) is 1.62. The lowest BCUT2D eigenvalue weighted by Crippen LogP contribution is -1.94. The number of nitrogens with two attached hydrogens (primary N) is 1. The number of hydrogen-bond donors (Lipinski definition) is 1. The molecule has 0 aliphatic rings. The molecule has 0 unspecified atom stereocenters. The second-order valence-corrected chi connectivity index (χ2v) is 2.13. The van der Waals surface area contributed by atoms with E-state index in [2.05, 4.69) is 11.6 Å². The number of aryl methyl sites for hydroxylation is 1. The Morgan fingerprint density at radius 2 is 2.40 bits per heavy atom. The zero-order valence-electron chi connectivity index (χ0n) is 5.96. The average molecular weight is 134 g/mol. The third kappa shape index (κ3) is 1.00. The number of nitrogen functional groups attached to an aromatic ring is 1. The Labute approximate surface area is 60.4 Å². The van der Waals surface area contributed by atoms with Gasteiger partial charge in [0.2, 0.25) is 0 Å². The summed E-state index contributed by atoms with van der Waals surface area (Å²) in [6.07, 6.45) is 3.38. The van der Waals surface area contributed by atoms with Crippen molar-refractivity contribution < 1.29 is 0 Å². The van der Waals surface area contributed by atoms with Crippen LogP contribution in [0.5, 0.6) is 0 Å². The molecule has 0 atom stereocenters. The number of anilines is 1. The van der Waals surface area contributed by atoms with Gasteiger partial charge in [0.1, 0.15) is 0 Å². The monoisotopic (exact) mass is 134 g/mol. The fraction of sp³-hybridized carbons (Fsp3) is 0.125. The first-order valence-corrected chi connectivity index (χ1v) is 3.09. The van der Waals surface area contributed by atoms with Crippen LogP contribution in [0.4, 0.5) is 5.69 Å². The van der Waals surface area contributed by atoms with Gasteiger partial charge in [-0.15, -0.1) is 0 Å². The standard InChI is InChI=1S/C8H10N2/c1-3-7-8(9)6(2)4-5-10-7/h3-5H,1,9H2,2H3. The molecule has 0 fully saturated rings. The van der Waals surface area contributed by atoms with Gasteiger partial charge < -0.3 is 5.73 Å². The van der Waals surface area contributed by atoms with Gasteiger partial charge in [0, 0.05) is 6.20 Å². The van der Waals surface area contributed by atoms with Crippen LogP contribution in [0.15, 0.2) is 18.8 Å². The van der Waals surface area contributed by atoms with E-state index in [1.807, 2.05) is 13.0 Å². The van der Waals surface area contributed by atoms with Crippen molar-refractivity contribution in [3.63, 3.8) is 0 Å². The van der Waals surface area contributed by atoms with Crippen LogP contribution in [0.2, 0.25) is 0 Å². The average Bonchev–Trinajstić information content (AvgIpc) is 1.95. The highest BCUT2D eigenvalue weighted by Gasteiger charge is 1.96. The van der Waals surface area contributed by atoms with Crippen molar-refractivity contribution in [1.82, 2.24) is 4.98 Å². The smallest absolute Gasteiger partial charge is 0.0855 e. The van der Waals surface area contributed by atoms with Crippen LogP contribution in [0, 0.1) is 6.92 Å². The normalized spacial score (nSPS) is 9.30. The van der Waals surface area contributed by atoms with E-state index in [9.17, 15) is 0 Å². The van der Waals surface area contributed by atoms with Gasteiger partial charge in [-0.05, 0) is 24.6 Å². The lowest BCUT2D eigenvalue weighted by atomic mass is 10.2. The first-order chi connectivity index (χ1) is 4.75. The Balaban J connectivity index is 3.27. The SMILES string of the molecule is C=Cc1nccc(C)c1N. The minimum absolute atomic E-state index is 0.720. The topological polar surface area (TPSA) is 38.9 Å². The fourth-order valence-electron chi connectivity index (χ4n) is 0.753. The number of aromatic nitrogens is 1. The van der Waals surface area contributed by atoms with Crippen molar-refractivity contribution in [3.8, 4) is 0 Å². The molecule has 0 bridgehead atoms. The Bertz CT molecular complexity index is 253. The zero-order chi connectivity index (χ0) is 7.56. The van der Waals surface area contributed by atoms with Gasteiger partial charge in [0.05, 0.1) is 11.4 Å². The third-order valence-electron chi connectivity index (χ3n) is 1.43. The van der Waals surface area contributed by atoms with Crippen molar-refractivity contribution in [3.05, 3.63) is 30.1 Å². The van der Waals surface area contributed by atoms with Crippen LogP contribution >= 0.6 is 0 Å². The molecule has 0 spiro atoms. The summed E-state index contributed by atoms with van der Waals surface area (Å²) in [4.78, 5) is 4.01. The third-order valence-corrected chi connectivity index (χ3v) is 1.43. The molecule has 1 aromatic heterocycles. The van der Waals surface area contributed by atoms with Crippen LogP contribution in [0.25, 0.3) is 6.08 Å². The van der Waals surface area contributed by atoms with E-state index in [1.54, 1.807) is 12.3 Å². The lowest BCUT2D eigenvalue weighted by molar-refractivity contribution is 1.26. The molecule has 1 heterocycles. The highest BCUT2D eigenvalue weighted by Crippen LogP contribution is 2.13. The largest absolute Gasteiger partial charge is 0.397 e. The Morgan fingerprint density at radius 1 is 1.70 bits per heavy atom. The minimum Gasteiger partial charge on any atom is -0.397 e. The summed E-state index contributed by atoms with van der Waals surface area (Å²) in [5.41, 5.74) is 8.19. The summed E-state index contributed by atoms with van der Waals surface area (Å²) in [7, 11) is 0. The van der Waals surface area contributed by atoms with Crippen molar-refractivity contribution in [2.45, 2.75) is 6.92 Å². The maximum absolute atomic E-state index is 5.66. The molecular formula is C8H10N2. The van der Waals surface area contributed by atoms with Crippen molar-refractivity contribution in [1.29, 1.82) is 0 Å². The summed E-state index contributed by atoms with van der Waals surface area (Å²) < 4.78 is 0. The molecular weight excluding hydrogens is 124 g/mol. The van der Waals surface area contributed by atoms with E-state index in [0.29, 0.717) is 0 Å². The molecule has 2 heteroatoms. The molecule has 52 valence electrons. The molecule has 0 aromatic carbocycles. The van der Waals surface area contributed by atoms with Gasteiger partial charge in [0.25, 0.3) is 0 Å². The summed E-state index contributed by atoms with van der Waals surface area (Å²) >= 11 is 0. The van der Waals surface area contributed by atoms with Gasteiger partial charge in [-0.25, -0.2) is 0 Å². The van der Waals surface area contributed by atoms with Crippen molar-refractivity contribution >= 4 is 11.8 Å². The van der Waals surface area contributed by atoms with Crippen LogP contribution in [-0.2, 0) is 0 Å². The van der Waals surface area contributed by atoms with Crippen molar-refractivity contribution in [2.75, 3.05) is 5.73 Å². The number of pyridine rings is 1. The van der Waals surface area contributed by atoms with E-state index < -0.39 is 0 Å². The van der Waals surface area contributed by atoms with Gasteiger partial charge in [0.15, 0.2) is 0 Å². The van der Waals surface area contributed by atoms with Crippen LogP contribution in [0.3, 0.4) is 0 Å². The molecule has 0 aliphatic carbocycles. The lowest BCUT2D eigenvalue weighted by Gasteiger charge is -2.00. The van der Waals surface area contributed by atoms with E-state index in [4.69, 9.17) is 5.73 Å². The van der Waals surface area contributed by atoms with Crippen LogP contribution in [-0.4, -0.2) is 4.98 Å². The van der Waals surface area contributed by atoms with E-state index in [1.165, 1.54) is 0 Å². The Hall–Kier alpha value is -1.31. The summed E-state index contributed by atoms with van der Waals surface area (Å²) in [5, 5.41) is 0. The summed E-state index contributed by atoms with van der Waals surface area (Å²) in [6.45, 7) is 5.54. The molecule has 0 saturated carbocycles. The molecule has 0 radical (unpaired) electrons. The van der Waals surface area contributed by atoms with E-state index in [-0.39, 0.29) is 0 Å². The number of rotatable bonds is 1. The van der Waals surface area contributed by atoms with E-state index in [0.717, 1.165) is 16.9 Å². The summed E-state index contributed by atoms with van der Waals surface area (Å²) in [5.74, 6) is 0.